The number of halogens is 1. The molecule has 0 atom stereocenters. The average molecular weight is 447 g/mol. The van der Waals surface area contributed by atoms with E-state index >= 15 is 0 Å². The smallest absolute Gasteiger partial charge is 0.329 e. The highest BCUT2D eigenvalue weighted by molar-refractivity contribution is 6.39. The van der Waals surface area contributed by atoms with Gasteiger partial charge in [0.25, 0.3) is 0 Å². The Kier molecular flexibility index (Phi) is 8.83. The fourth-order valence-electron chi connectivity index (χ4n) is 2.42. The number of rotatable bonds is 8. The van der Waals surface area contributed by atoms with Crippen molar-refractivity contribution >= 4 is 40.7 Å². The third-order valence-corrected chi connectivity index (χ3v) is 4.28. The summed E-state index contributed by atoms with van der Waals surface area (Å²) in [6.07, 6.45) is -0.0399. The van der Waals surface area contributed by atoms with Gasteiger partial charge >= 0.3 is 11.8 Å². The fourth-order valence-corrected chi connectivity index (χ4v) is 2.54. The molecule has 2 aromatic rings. The third kappa shape index (κ3) is 7.63. The number of anilines is 1. The van der Waals surface area contributed by atoms with E-state index in [4.69, 9.17) is 21.1 Å². The molecule has 0 unspecified atom stereocenters. The van der Waals surface area contributed by atoms with E-state index in [0.29, 0.717) is 34.5 Å². The molecular formula is C21H23ClN4O5. The molecule has 3 N–H and O–H groups in total. The lowest BCUT2D eigenvalue weighted by Gasteiger charge is -2.11. The zero-order valence-electron chi connectivity index (χ0n) is 17.3. The van der Waals surface area contributed by atoms with E-state index in [1.54, 1.807) is 49.4 Å². The Hall–Kier alpha value is -3.59. The Balaban J connectivity index is 1.83. The first-order valence-corrected chi connectivity index (χ1v) is 9.57. The molecule has 164 valence electrons. The van der Waals surface area contributed by atoms with Gasteiger partial charge in [-0.15, -0.1) is 0 Å². The van der Waals surface area contributed by atoms with Crippen molar-refractivity contribution in [2.75, 3.05) is 19.5 Å². The SMILES string of the molecule is COc1ccc(NC(=O)C(=O)N/N=C(/C)CC(=O)NCc2ccc(Cl)cc2)c(OC)c1. The van der Waals surface area contributed by atoms with Crippen LogP contribution in [0.2, 0.25) is 5.02 Å². The van der Waals surface area contributed by atoms with Crippen molar-refractivity contribution in [1.82, 2.24) is 10.7 Å². The Bertz CT molecular complexity index is 976. The minimum absolute atomic E-state index is 0.0399. The summed E-state index contributed by atoms with van der Waals surface area (Å²) in [5.74, 6) is -1.34. The highest BCUT2D eigenvalue weighted by Crippen LogP contribution is 2.28. The number of nitrogens with zero attached hydrogens (tertiary/aromatic N) is 1. The zero-order chi connectivity index (χ0) is 22.8. The quantitative estimate of drug-likeness (QED) is 0.327. The van der Waals surface area contributed by atoms with E-state index in [1.165, 1.54) is 14.2 Å². The first-order valence-electron chi connectivity index (χ1n) is 9.20. The molecule has 0 spiro atoms. The van der Waals surface area contributed by atoms with Crippen molar-refractivity contribution in [2.45, 2.75) is 19.9 Å². The molecule has 9 nitrogen and oxygen atoms in total. The Labute approximate surface area is 184 Å². The minimum atomic E-state index is -0.987. The summed E-state index contributed by atoms with van der Waals surface area (Å²) in [4.78, 5) is 36.1. The first-order chi connectivity index (χ1) is 14.8. The molecule has 3 amide bonds. The van der Waals surface area contributed by atoms with Gasteiger partial charge in [0, 0.05) is 23.3 Å². The van der Waals surface area contributed by atoms with Crippen LogP contribution in [0.1, 0.15) is 18.9 Å². The normalized spacial score (nSPS) is 10.8. The zero-order valence-corrected chi connectivity index (χ0v) is 18.1. The lowest BCUT2D eigenvalue weighted by atomic mass is 10.2. The molecule has 0 saturated heterocycles. The predicted molar refractivity (Wildman–Crippen MR) is 117 cm³/mol. The van der Waals surface area contributed by atoms with Crippen LogP contribution < -0.4 is 25.5 Å². The Morgan fingerprint density at radius 1 is 1.00 bits per heavy atom. The van der Waals surface area contributed by atoms with Crippen LogP contribution in [0.4, 0.5) is 5.69 Å². The van der Waals surface area contributed by atoms with Gasteiger partial charge in [-0.1, -0.05) is 23.7 Å². The van der Waals surface area contributed by atoms with Gasteiger partial charge in [0.2, 0.25) is 5.91 Å². The lowest BCUT2D eigenvalue weighted by molar-refractivity contribution is -0.136. The van der Waals surface area contributed by atoms with Crippen LogP contribution >= 0.6 is 11.6 Å². The molecule has 2 rings (SSSR count). The molecule has 0 heterocycles. The number of amides is 3. The number of carbonyl (C=O) groups is 3. The van der Waals surface area contributed by atoms with Gasteiger partial charge in [-0.3, -0.25) is 14.4 Å². The highest BCUT2D eigenvalue weighted by atomic mass is 35.5. The molecule has 31 heavy (non-hydrogen) atoms. The number of carbonyl (C=O) groups excluding carboxylic acids is 3. The summed E-state index contributed by atoms with van der Waals surface area (Å²) < 4.78 is 10.2. The summed E-state index contributed by atoms with van der Waals surface area (Å²) in [6, 6.07) is 11.8. The van der Waals surface area contributed by atoms with Gasteiger partial charge in [0.05, 0.1) is 26.3 Å². The maximum atomic E-state index is 12.1. The number of benzene rings is 2. The Morgan fingerprint density at radius 3 is 2.35 bits per heavy atom. The Morgan fingerprint density at radius 2 is 1.71 bits per heavy atom. The van der Waals surface area contributed by atoms with Gasteiger partial charge in [-0.25, -0.2) is 5.43 Å². The van der Waals surface area contributed by atoms with E-state index in [1.807, 2.05) is 0 Å². The van der Waals surface area contributed by atoms with Crippen LogP contribution in [0.25, 0.3) is 0 Å². The van der Waals surface area contributed by atoms with Gasteiger partial charge < -0.3 is 20.1 Å². The van der Waals surface area contributed by atoms with Crippen molar-refractivity contribution in [2.24, 2.45) is 5.10 Å². The van der Waals surface area contributed by atoms with Crippen LogP contribution in [-0.2, 0) is 20.9 Å². The summed E-state index contributed by atoms with van der Waals surface area (Å²) in [7, 11) is 2.93. The molecule has 0 aliphatic heterocycles. The molecule has 2 aromatic carbocycles. The molecule has 0 saturated carbocycles. The molecule has 10 heteroatoms. The molecule has 0 aliphatic rings. The van der Waals surface area contributed by atoms with Crippen LogP contribution in [-0.4, -0.2) is 37.7 Å². The van der Waals surface area contributed by atoms with E-state index in [2.05, 4.69) is 21.2 Å². The minimum Gasteiger partial charge on any atom is -0.497 e. The largest absolute Gasteiger partial charge is 0.497 e. The number of ether oxygens (including phenoxy) is 2. The van der Waals surface area contributed by atoms with Crippen molar-refractivity contribution in [1.29, 1.82) is 0 Å². The van der Waals surface area contributed by atoms with E-state index < -0.39 is 11.8 Å². The molecule has 0 fully saturated rings. The summed E-state index contributed by atoms with van der Waals surface area (Å²) in [5.41, 5.74) is 3.65. The standard InChI is InChI=1S/C21H23ClN4O5/c1-13(10-19(27)23-12-14-4-6-15(22)7-5-14)25-26-21(29)20(28)24-17-9-8-16(30-2)11-18(17)31-3/h4-9,11H,10,12H2,1-3H3,(H,23,27)(H,24,28)(H,26,29)/b25-13-. The summed E-state index contributed by atoms with van der Waals surface area (Å²) >= 11 is 5.82. The maximum Gasteiger partial charge on any atom is 0.329 e. The highest BCUT2D eigenvalue weighted by Gasteiger charge is 2.16. The lowest BCUT2D eigenvalue weighted by Crippen LogP contribution is -2.33. The van der Waals surface area contributed by atoms with E-state index in [9.17, 15) is 14.4 Å². The molecule has 0 bridgehead atoms. The molecular weight excluding hydrogens is 424 g/mol. The number of hydrogen-bond donors (Lipinski definition) is 3. The van der Waals surface area contributed by atoms with Gasteiger partial charge in [0.1, 0.15) is 11.5 Å². The second kappa shape index (κ2) is 11.6. The van der Waals surface area contributed by atoms with Crippen LogP contribution in [0.3, 0.4) is 0 Å². The van der Waals surface area contributed by atoms with Crippen molar-refractivity contribution < 1.29 is 23.9 Å². The third-order valence-electron chi connectivity index (χ3n) is 4.03. The first kappa shape index (κ1) is 23.7. The monoisotopic (exact) mass is 446 g/mol. The number of methoxy groups -OCH3 is 2. The van der Waals surface area contributed by atoms with Crippen LogP contribution in [0.5, 0.6) is 11.5 Å². The summed E-state index contributed by atoms with van der Waals surface area (Å²) in [5, 5.41) is 9.57. The average Bonchev–Trinajstić information content (AvgIpc) is 2.77. The number of hydrogen-bond acceptors (Lipinski definition) is 6. The second-order valence-electron chi connectivity index (χ2n) is 6.39. The van der Waals surface area contributed by atoms with Crippen molar-refractivity contribution in [3.8, 4) is 11.5 Å². The van der Waals surface area contributed by atoms with Crippen LogP contribution in [0, 0.1) is 0 Å². The number of nitrogens with one attached hydrogen (secondary N) is 3. The van der Waals surface area contributed by atoms with E-state index in [-0.39, 0.29) is 12.3 Å². The molecule has 0 aliphatic carbocycles. The van der Waals surface area contributed by atoms with Gasteiger partial charge in [0.15, 0.2) is 0 Å². The van der Waals surface area contributed by atoms with E-state index in [0.717, 1.165) is 5.56 Å². The van der Waals surface area contributed by atoms with Crippen LogP contribution in [0.15, 0.2) is 47.6 Å². The molecule has 0 radical (unpaired) electrons. The molecule has 0 aromatic heterocycles. The maximum absolute atomic E-state index is 12.1. The fraction of sp³-hybridized carbons (Fsp3) is 0.238. The van der Waals surface area contributed by atoms with Crippen molar-refractivity contribution in [3.63, 3.8) is 0 Å². The summed E-state index contributed by atoms with van der Waals surface area (Å²) in [6.45, 7) is 1.90. The number of hydrazone groups is 1. The predicted octanol–water partition coefficient (Wildman–Crippen LogP) is 2.49. The topological polar surface area (TPSA) is 118 Å². The van der Waals surface area contributed by atoms with Gasteiger partial charge in [-0.2, -0.15) is 5.10 Å². The van der Waals surface area contributed by atoms with Crippen molar-refractivity contribution in [3.05, 3.63) is 53.1 Å². The second-order valence-corrected chi connectivity index (χ2v) is 6.82. The van der Waals surface area contributed by atoms with Gasteiger partial charge in [-0.05, 0) is 36.8 Å².